The number of anilines is 2. The molecule has 0 aromatic heterocycles. The minimum Gasteiger partial charge on any atom is -0.483 e. The Labute approximate surface area is 208 Å². The molecule has 4 rings (SSSR count). The van der Waals surface area contributed by atoms with Gasteiger partial charge in [-0.2, -0.15) is 0 Å². The first-order valence-electron chi connectivity index (χ1n) is 10.4. The highest BCUT2D eigenvalue weighted by molar-refractivity contribution is 7.92. The number of carbonyl (C=O) groups excluding carboxylic acids is 1. The van der Waals surface area contributed by atoms with Crippen molar-refractivity contribution in [2.24, 2.45) is 0 Å². The molecule has 1 aliphatic rings. The Morgan fingerprint density at radius 2 is 1.85 bits per heavy atom. The number of nitrogens with zero attached hydrogens (tertiary/aromatic N) is 1. The largest absolute Gasteiger partial charge is 0.483 e. The third-order valence-electron chi connectivity index (χ3n) is 5.29. The fourth-order valence-electron chi connectivity index (χ4n) is 3.64. The number of hydrogen-bond donors (Lipinski definition) is 2. The highest BCUT2D eigenvalue weighted by atomic mass is 35.5. The summed E-state index contributed by atoms with van der Waals surface area (Å²) < 4.78 is 33.1. The van der Waals surface area contributed by atoms with Crippen LogP contribution in [0.3, 0.4) is 0 Å². The van der Waals surface area contributed by atoms with Crippen LogP contribution in [0.15, 0.2) is 71.6 Å². The molecule has 34 heavy (non-hydrogen) atoms. The van der Waals surface area contributed by atoms with Crippen molar-refractivity contribution in [2.75, 3.05) is 22.8 Å². The van der Waals surface area contributed by atoms with E-state index in [-0.39, 0.29) is 16.6 Å². The maximum absolute atomic E-state index is 13.1. The number of halogens is 1. The second-order valence-corrected chi connectivity index (χ2v) is 10.4. The number of carbonyl (C=O) groups is 1. The van der Waals surface area contributed by atoms with Crippen LogP contribution in [0.4, 0.5) is 11.4 Å². The number of sulfonamides is 1. The third kappa shape index (κ3) is 5.32. The van der Waals surface area contributed by atoms with Gasteiger partial charge >= 0.3 is 0 Å². The van der Waals surface area contributed by atoms with Crippen molar-refractivity contribution in [3.63, 3.8) is 0 Å². The monoisotopic (exact) mass is 515 g/mol. The van der Waals surface area contributed by atoms with Crippen molar-refractivity contribution in [1.29, 1.82) is 0 Å². The summed E-state index contributed by atoms with van der Waals surface area (Å²) >= 11 is 11.1. The van der Waals surface area contributed by atoms with Crippen molar-refractivity contribution in [2.45, 2.75) is 18.2 Å². The number of rotatable bonds is 6. The minimum absolute atomic E-state index is 0.0745. The molecule has 0 aliphatic carbocycles. The molecule has 0 saturated heterocycles. The summed E-state index contributed by atoms with van der Waals surface area (Å²) in [5.41, 5.74) is 3.08. The highest BCUT2D eigenvalue weighted by Crippen LogP contribution is 2.32. The first-order chi connectivity index (χ1) is 16.2. The van der Waals surface area contributed by atoms with Crippen molar-refractivity contribution in [3.8, 4) is 5.75 Å². The Morgan fingerprint density at radius 1 is 1.12 bits per heavy atom. The van der Waals surface area contributed by atoms with Crippen LogP contribution in [-0.4, -0.2) is 32.6 Å². The molecule has 10 heteroatoms. The predicted molar refractivity (Wildman–Crippen MR) is 137 cm³/mol. The molecule has 0 unspecified atom stereocenters. The van der Waals surface area contributed by atoms with Crippen LogP contribution in [-0.2, 0) is 21.2 Å². The van der Waals surface area contributed by atoms with Crippen LogP contribution < -0.4 is 19.7 Å². The molecule has 1 aliphatic heterocycles. The smallest absolute Gasteiger partial charge is 0.264 e. The van der Waals surface area contributed by atoms with Crippen LogP contribution in [0.25, 0.3) is 0 Å². The number of fused-ring (bicyclic) bond motifs is 1. The van der Waals surface area contributed by atoms with Gasteiger partial charge in [-0.25, -0.2) is 8.42 Å². The highest BCUT2D eigenvalue weighted by Gasteiger charge is 2.30. The lowest BCUT2D eigenvalue weighted by Crippen LogP contribution is -2.37. The average molecular weight is 516 g/mol. The van der Waals surface area contributed by atoms with Crippen LogP contribution in [0.5, 0.6) is 5.75 Å². The number of amides is 1. The Kier molecular flexibility index (Phi) is 7.06. The molecule has 0 radical (unpaired) electrons. The second kappa shape index (κ2) is 10.0. The van der Waals surface area contributed by atoms with Gasteiger partial charge < -0.3 is 10.1 Å². The lowest BCUT2D eigenvalue weighted by atomic mass is 10.2. The summed E-state index contributed by atoms with van der Waals surface area (Å²) in [7, 11) is -3.68. The quantitative estimate of drug-likeness (QED) is 0.476. The SMILES string of the molecule is Cc1cc(Cl)ccc1OCC(=O)NC(=S)Nc1ccc(S(=O)(=O)N2CCc3ccccc32)cc1. The number of aryl methyl sites for hydroxylation is 1. The van der Waals surface area contributed by atoms with Gasteiger partial charge in [0, 0.05) is 17.3 Å². The van der Waals surface area contributed by atoms with E-state index in [9.17, 15) is 13.2 Å². The van der Waals surface area contributed by atoms with Crippen molar-refractivity contribution in [3.05, 3.63) is 82.9 Å². The van der Waals surface area contributed by atoms with Crippen LogP contribution in [0.1, 0.15) is 11.1 Å². The first kappa shape index (κ1) is 24.0. The molecule has 0 atom stereocenters. The van der Waals surface area contributed by atoms with Gasteiger partial charge in [-0.1, -0.05) is 29.8 Å². The first-order valence-corrected chi connectivity index (χ1v) is 12.7. The Morgan fingerprint density at radius 3 is 2.59 bits per heavy atom. The van der Waals surface area contributed by atoms with Gasteiger partial charge in [0.25, 0.3) is 15.9 Å². The number of thiocarbonyl (C=S) groups is 1. The molecule has 0 saturated carbocycles. The van der Waals surface area contributed by atoms with E-state index in [1.807, 2.05) is 31.2 Å². The molecule has 1 heterocycles. The number of ether oxygens (including phenoxy) is 1. The molecule has 7 nitrogen and oxygen atoms in total. The zero-order valence-corrected chi connectivity index (χ0v) is 20.6. The Balaban J connectivity index is 1.33. The van der Waals surface area contributed by atoms with Gasteiger partial charge in [-0.3, -0.25) is 14.4 Å². The average Bonchev–Trinajstić information content (AvgIpc) is 3.24. The van der Waals surface area contributed by atoms with Gasteiger partial charge in [-0.05, 0) is 85.2 Å². The summed E-state index contributed by atoms with van der Waals surface area (Å²) in [6.07, 6.45) is 0.685. The number of benzene rings is 3. The topological polar surface area (TPSA) is 87.7 Å². The van der Waals surface area contributed by atoms with E-state index < -0.39 is 15.9 Å². The second-order valence-electron chi connectivity index (χ2n) is 7.68. The summed E-state index contributed by atoms with van der Waals surface area (Å²) in [5, 5.41) is 6.07. The van der Waals surface area contributed by atoms with Crippen LogP contribution >= 0.6 is 23.8 Å². The van der Waals surface area contributed by atoms with E-state index in [1.165, 1.54) is 16.4 Å². The number of nitrogens with one attached hydrogen (secondary N) is 2. The van der Waals surface area contributed by atoms with Gasteiger partial charge in [-0.15, -0.1) is 0 Å². The van der Waals surface area contributed by atoms with Crippen molar-refractivity contribution < 1.29 is 17.9 Å². The Bertz CT molecular complexity index is 1340. The zero-order valence-electron chi connectivity index (χ0n) is 18.2. The minimum atomic E-state index is -3.68. The number of para-hydroxylation sites is 1. The summed E-state index contributed by atoms with van der Waals surface area (Å²) in [5.74, 6) is 0.120. The van der Waals surface area contributed by atoms with E-state index in [4.69, 9.17) is 28.6 Å². The predicted octanol–water partition coefficient (Wildman–Crippen LogP) is 4.29. The molecule has 3 aromatic rings. The van der Waals surface area contributed by atoms with Gasteiger partial charge in [0.1, 0.15) is 5.75 Å². The van der Waals surface area contributed by atoms with Crippen LogP contribution in [0, 0.1) is 6.92 Å². The molecule has 0 bridgehead atoms. The van der Waals surface area contributed by atoms with E-state index in [2.05, 4.69) is 10.6 Å². The normalized spacial score (nSPS) is 12.7. The van der Waals surface area contributed by atoms with Crippen molar-refractivity contribution in [1.82, 2.24) is 5.32 Å². The summed E-state index contributed by atoms with van der Waals surface area (Å²) in [4.78, 5) is 12.3. The fourth-order valence-corrected chi connectivity index (χ4v) is 5.60. The standard InChI is InChI=1S/C24H22ClN3O4S2/c1-16-14-18(25)6-11-22(16)32-15-23(29)27-24(33)26-19-7-9-20(10-8-19)34(30,31)28-13-12-17-4-2-3-5-21(17)28/h2-11,14H,12-13,15H2,1H3,(H2,26,27,29,33). The van der Waals surface area contributed by atoms with E-state index in [0.29, 0.717) is 35.1 Å². The maximum Gasteiger partial charge on any atom is 0.264 e. The molecule has 0 fully saturated rings. The van der Waals surface area contributed by atoms with E-state index in [1.54, 1.807) is 30.3 Å². The summed E-state index contributed by atoms with van der Waals surface area (Å²) in [6.45, 7) is 2.02. The van der Waals surface area contributed by atoms with E-state index >= 15 is 0 Å². The summed E-state index contributed by atoms with van der Waals surface area (Å²) in [6, 6.07) is 18.8. The molecule has 2 N–H and O–H groups in total. The molecule has 1 amide bonds. The molecule has 0 spiro atoms. The lowest BCUT2D eigenvalue weighted by Gasteiger charge is -2.19. The number of hydrogen-bond acceptors (Lipinski definition) is 5. The maximum atomic E-state index is 13.1. The fraction of sp³-hybridized carbons (Fsp3) is 0.167. The molecule has 3 aromatic carbocycles. The molecular formula is C24H22ClN3O4S2. The van der Waals surface area contributed by atoms with Crippen LogP contribution in [0.2, 0.25) is 5.02 Å². The van der Waals surface area contributed by atoms with Gasteiger partial charge in [0.2, 0.25) is 0 Å². The van der Waals surface area contributed by atoms with E-state index in [0.717, 1.165) is 11.1 Å². The van der Waals surface area contributed by atoms with Gasteiger partial charge in [0.05, 0.1) is 10.6 Å². The molecule has 176 valence electrons. The lowest BCUT2D eigenvalue weighted by molar-refractivity contribution is -0.121. The zero-order chi connectivity index (χ0) is 24.3. The third-order valence-corrected chi connectivity index (χ3v) is 7.56. The Hall–Kier alpha value is -3.14. The van der Waals surface area contributed by atoms with Crippen molar-refractivity contribution >= 4 is 56.2 Å². The van der Waals surface area contributed by atoms with Gasteiger partial charge in [0.15, 0.2) is 11.7 Å². The molecular weight excluding hydrogens is 494 g/mol.